The summed E-state index contributed by atoms with van der Waals surface area (Å²) in [6.07, 6.45) is 2.47. The van der Waals surface area contributed by atoms with Gasteiger partial charge in [0, 0.05) is 55.2 Å². The average Bonchev–Trinajstić information content (AvgIpc) is 2.93. The lowest BCUT2D eigenvalue weighted by Crippen LogP contribution is -2.37. The zero-order chi connectivity index (χ0) is 26.0. The van der Waals surface area contributed by atoms with E-state index < -0.39 is 0 Å². The maximum atomic E-state index is 11.7. The van der Waals surface area contributed by atoms with Crippen molar-refractivity contribution in [3.8, 4) is 17.0 Å². The zero-order valence-electron chi connectivity index (χ0n) is 21.6. The summed E-state index contributed by atoms with van der Waals surface area (Å²) in [6.45, 7) is 8.50. The van der Waals surface area contributed by atoms with Crippen molar-refractivity contribution < 1.29 is 14.3 Å². The highest BCUT2D eigenvalue weighted by Crippen LogP contribution is 2.27. The van der Waals surface area contributed by atoms with E-state index in [0.717, 1.165) is 66.7 Å². The molecule has 1 aromatic heterocycles. The van der Waals surface area contributed by atoms with Crippen LogP contribution < -0.4 is 26.0 Å². The van der Waals surface area contributed by atoms with Crippen molar-refractivity contribution in [3.05, 3.63) is 60.3 Å². The fraction of sp³-hybridized carbons (Fsp3) is 0.393. The average molecular weight is 505 g/mol. The van der Waals surface area contributed by atoms with Crippen LogP contribution in [-0.2, 0) is 16.1 Å². The maximum Gasteiger partial charge on any atom is 0.227 e. The van der Waals surface area contributed by atoms with Gasteiger partial charge in [0.15, 0.2) is 0 Å². The summed E-state index contributed by atoms with van der Waals surface area (Å²) in [7, 11) is 0. The van der Waals surface area contributed by atoms with Crippen molar-refractivity contribution >= 4 is 23.2 Å². The van der Waals surface area contributed by atoms with Crippen LogP contribution in [0.4, 0.5) is 17.3 Å². The van der Waals surface area contributed by atoms with E-state index in [1.807, 2.05) is 50.2 Å². The molecule has 0 unspecified atom stereocenters. The highest BCUT2D eigenvalue weighted by atomic mass is 16.5. The summed E-state index contributed by atoms with van der Waals surface area (Å²) in [5.41, 5.74) is 10.9. The van der Waals surface area contributed by atoms with Gasteiger partial charge < -0.3 is 30.7 Å². The number of aromatic nitrogens is 2. The Labute approximate surface area is 218 Å². The predicted molar refractivity (Wildman–Crippen MR) is 146 cm³/mol. The Balaban J connectivity index is 1.38. The first-order valence-electron chi connectivity index (χ1n) is 12.8. The molecule has 0 saturated carbocycles. The molecule has 0 aliphatic carbocycles. The predicted octanol–water partition coefficient (Wildman–Crippen LogP) is 3.72. The van der Waals surface area contributed by atoms with Crippen molar-refractivity contribution in [1.29, 1.82) is 0 Å². The molecule has 3 aromatic rings. The molecule has 1 fully saturated rings. The molecule has 196 valence electrons. The second kappa shape index (κ2) is 13.0. The van der Waals surface area contributed by atoms with Crippen molar-refractivity contribution in [3.63, 3.8) is 0 Å². The van der Waals surface area contributed by atoms with E-state index in [2.05, 4.69) is 32.7 Å². The lowest BCUT2D eigenvalue weighted by molar-refractivity contribution is -0.123. The van der Waals surface area contributed by atoms with Crippen LogP contribution in [0.3, 0.4) is 0 Å². The molecular formula is C28H36N6O3. The molecule has 9 nitrogen and oxygen atoms in total. The number of hydrogen-bond donors (Lipinski definition) is 3. The summed E-state index contributed by atoms with van der Waals surface area (Å²) in [5, 5.41) is 6.21. The second-order valence-electron chi connectivity index (χ2n) is 9.21. The molecule has 4 rings (SSSR count). The largest absolute Gasteiger partial charge is 0.494 e. The third kappa shape index (κ3) is 7.41. The number of hydrogen-bond acceptors (Lipinski definition) is 8. The Morgan fingerprint density at radius 3 is 2.78 bits per heavy atom. The van der Waals surface area contributed by atoms with Gasteiger partial charge in [-0.15, -0.1) is 0 Å². The summed E-state index contributed by atoms with van der Waals surface area (Å²) < 4.78 is 11.4. The minimum Gasteiger partial charge on any atom is -0.494 e. The number of carbonyl (C=O) groups is 1. The molecule has 1 amide bonds. The van der Waals surface area contributed by atoms with Gasteiger partial charge in [0.1, 0.15) is 5.75 Å². The first kappa shape index (κ1) is 26.4. The zero-order valence-corrected chi connectivity index (χ0v) is 21.6. The normalized spacial score (nSPS) is 13.5. The number of nitrogens with two attached hydrogens (primary N) is 1. The topological polar surface area (TPSA) is 115 Å². The number of anilines is 3. The van der Waals surface area contributed by atoms with Crippen LogP contribution in [0, 0.1) is 5.92 Å². The third-order valence-electron chi connectivity index (χ3n) is 6.11. The SMILES string of the molecule is CC(C)C(=O)NCCCOc1cccc(-c2ccnc(Nc3ccc(N4CCOCC4)c(CN)c3)n2)c1. The van der Waals surface area contributed by atoms with Crippen LogP contribution in [0.25, 0.3) is 11.3 Å². The molecule has 1 saturated heterocycles. The number of amides is 1. The molecular weight excluding hydrogens is 468 g/mol. The number of nitrogens with zero attached hydrogens (tertiary/aromatic N) is 3. The van der Waals surface area contributed by atoms with Crippen LogP contribution >= 0.6 is 0 Å². The number of rotatable bonds is 11. The number of ether oxygens (including phenoxy) is 2. The molecule has 4 N–H and O–H groups in total. The van der Waals surface area contributed by atoms with E-state index in [-0.39, 0.29) is 11.8 Å². The molecule has 0 spiro atoms. The molecule has 0 atom stereocenters. The Morgan fingerprint density at radius 2 is 2.00 bits per heavy atom. The van der Waals surface area contributed by atoms with E-state index in [0.29, 0.717) is 25.6 Å². The number of benzene rings is 2. The van der Waals surface area contributed by atoms with Crippen LogP contribution in [-0.4, -0.2) is 55.3 Å². The maximum absolute atomic E-state index is 11.7. The van der Waals surface area contributed by atoms with Gasteiger partial charge in [-0.25, -0.2) is 9.97 Å². The first-order valence-corrected chi connectivity index (χ1v) is 12.8. The number of morpholine rings is 1. The molecule has 1 aliphatic rings. The Kier molecular flexibility index (Phi) is 9.29. The summed E-state index contributed by atoms with van der Waals surface area (Å²) in [6, 6.07) is 15.9. The second-order valence-corrected chi connectivity index (χ2v) is 9.21. The minimum absolute atomic E-state index is 0.0120. The molecule has 37 heavy (non-hydrogen) atoms. The lowest BCUT2D eigenvalue weighted by Gasteiger charge is -2.30. The summed E-state index contributed by atoms with van der Waals surface area (Å²) in [4.78, 5) is 23.1. The lowest BCUT2D eigenvalue weighted by atomic mass is 10.1. The van der Waals surface area contributed by atoms with E-state index in [1.54, 1.807) is 6.20 Å². The van der Waals surface area contributed by atoms with Gasteiger partial charge >= 0.3 is 0 Å². The highest BCUT2D eigenvalue weighted by molar-refractivity contribution is 5.77. The van der Waals surface area contributed by atoms with E-state index >= 15 is 0 Å². The smallest absolute Gasteiger partial charge is 0.227 e. The standard InChI is InChI=1S/C28H36N6O3/c1-20(2)27(35)30-10-4-14-37-24-6-3-5-21(18-24)25-9-11-31-28(33-25)32-23-7-8-26(22(17-23)19-29)34-12-15-36-16-13-34/h3,5-9,11,17-18,20H,4,10,12-16,19,29H2,1-2H3,(H,30,35)(H,31,32,33). The number of carbonyl (C=O) groups excluding carboxylic acids is 1. The van der Waals surface area contributed by atoms with E-state index in [1.165, 1.54) is 0 Å². The minimum atomic E-state index is -0.0120. The Morgan fingerprint density at radius 1 is 1.16 bits per heavy atom. The monoisotopic (exact) mass is 504 g/mol. The van der Waals surface area contributed by atoms with Gasteiger partial charge in [-0.3, -0.25) is 4.79 Å². The summed E-state index contributed by atoms with van der Waals surface area (Å²) in [5.74, 6) is 1.31. The molecule has 0 bridgehead atoms. The van der Waals surface area contributed by atoms with Crippen LogP contribution in [0.1, 0.15) is 25.8 Å². The molecule has 0 radical (unpaired) electrons. The Hall–Kier alpha value is -3.69. The fourth-order valence-corrected chi connectivity index (χ4v) is 4.07. The molecule has 1 aliphatic heterocycles. The van der Waals surface area contributed by atoms with Gasteiger partial charge in [-0.1, -0.05) is 26.0 Å². The van der Waals surface area contributed by atoms with Crippen molar-refractivity contribution in [2.24, 2.45) is 11.7 Å². The van der Waals surface area contributed by atoms with Gasteiger partial charge in [0.2, 0.25) is 11.9 Å². The molecule has 2 heterocycles. The summed E-state index contributed by atoms with van der Waals surface area (Å²) >= 11 is 0. The van der Waals surface area contributed by atoms with E-state index in [4.69, 9.17) is 20.2 Å². The first-order chi connectivity index (χ1) is 18.0. The molecule has 2 aromatic carbocycles. The van der Waals surface area contributed by atoms with Crippen molar-refractivity contribution in [2.45, 2.75) is 26.8 Å². The van der Waals surface area contributed by atoms with Crippen LogP contribution in [0.15, 0.2) is 54.7 Å². The molecule has 9 heteroatoms. The Bertz CT molecular complexity index is 1180. The van der Waals surface area contributed by atoms with Gasteiger partial charge in [-0.2, -0.15) is 0 Å². The van der Waals surface area contributed by atoms with Crippen molar-refractivity contribution in [2.75, 3.05) is 49.7 Å². The van der Waals surface area contributed by atoms with Crippen LogP contribution in [0.5, 0.6) is 5.75 Å². The number of nitrogens with one attached hydrogen (secondary N) is 2. The highest BCUT2D eigenvalue weighted by Gasteiger charge is 2.15. The van der Waals surface area contributed by atoms with Crippen LogP contribution in [0.2, 0.25) is 0 Å². The quantitative estimate of drug-likeness (QED) is 0.339. The van der Waals surface area contributed by atoms with Gasteiger partial charge in [-0.05, 0) is 48.4 Å². The van der Waals surface area contributed by atoms with Gasteiger partial charge in [0.25, 0.3) is 0 Å². The van der Waals surface area contributed by atoms with Gasteiger partial charge in [0.05, 0.1) is 25.5 Å². The van der Waals surface area contributed by atoms with E-state index in [9.17, 15) is 4.79 Å². The third-order valence-corrected chi connectivity index (χ3v) is 6.11. The van der Waals surface area contributed by atoms with Crippen molar-refractivity contribution in [1.82, 2.24) is 15.3 Å². The fourth-order valence-electron chi connectivity index (χ4n) is 4.07.